The Morgan fingerprint density at radius 1 is 1.09 bits per heavy atom. The van der Waals surface area contributed by atoms with Crippen molar-refractivity contribution in [1.29, 1.82) is 0 Å². The van der Waals surface area contributed by atoms with Crippen LogP contribution in [0.4, 0.5) is 0 Å². The average molecular weight is 434 g/mol. The summed E-state index contributed by atoms with van der Waals surface area (Å²) in [6.07, 6.45) is 11.6. The normalized spacial score (nSPS) is 39.8. The van der Waals surface area contributed by atoms with Crippen molar-refractivity contribution in [3.63, 3.8) is 0 Å². The minimum Gasteiger partial charge on any atom is -0.462 e. The second kappa shape index (κ2) is 7.90. The summed E-state index contributed by atoms with van der Waals surface area (Å²) in [6.45, 7) is 6.23. The lowest BCUT2D eigenvalue weighted by atomic mass is 9.48. The zero-order chi connectivity index (χ0) is 22.5. The molecular formula is C28H35NO3. The number of esters is 1. The number of hydrogen-bond donors (Lipinski definition) is 1. The van der Waals surface area contributed by atoms with Gasteiger partial charge in [-0.05, 0) is 80.3 Å². The number of rotatable bonds is 2. The third-order valence-corrected chi connectivity index (χ3v) is 9.05. The van der Waals surface area contributed by atoms with E-state index in [0.717, 1.165) is 56.1 Å². The molecular weight excluding hydrogens is 398 g/mol. The molecule has 1 amide bonds. The topological polar surface area (TPSA) is 55.4 Å². The molecule has 0 radical (unpaired) electrons. The summed E-state index contributed by atoms with van der Waals surface area (Å²) in [5.41, 5.74) is 3.57. The van der Waals surface area contributed by atoms with E-state index in [1.807, 2.05) is 18.2 Å². The first-order chi connectivity index (χ1) is 15.3. The Bertz CT molecular complexity index is 980. The highest BCUT2D eigenvalue weighted by molar-refractivity contribution is 5.99. The molecule has 1 saturated heterocycles. The van der Waals surface area contributed by atoms with Crippen LogP contribution in [0.5, 0.6) is 0 Å². The highest BCUT2D eigenvalue weighted by atomic mass is 16.5. The van der Waals surface area contributed by atoms with Gasteiger partial charge in [0.25, 0.3) is 0 Å². The SMILES string of the molecule is CC(=O)O[C@H]1CC[C@@]2(C)C(=CC[C@@H]3[C@@H]2CC[C@]2(C)NC(=O)C(=Cc4ccccc4)C[C@@H]32)C1. The van der Waals surface area contributed by atoms with Gasteiger partial charge in [0.1, 0.15) is 6.10 Å². The minimum atomic E-state index is -0.169. The van der Waals surface area contributed by atoms with Crippen molar-refractivity contribution in [2.24, 2.45) is 23.2 Å². The molecule has 0 spiro atoms. The Kier molecular flexibility index (Phi) is 5.30. The van der Waals surface area contributed by atoms with E-state index < -0.39 is 0 Å². The van der Waals surface area contributed by atoms with Gasteiger partial charge in [0, 0.05) is 24.5 Å². The van der Waals surface area contributed by atoms with Crippen LogP contribution in [-0.2, 0) is 14.3 Å². The van der Waals surface area contributed by atoms with Gasteiger partial charge in [-0.3, -0.25) is 9.59 Å². The minimum absolute atomic E-state index is 0.0339. The molecule has 3 aliphatic carbocycles. The number of carbonyl (C=O) groups excluding carboxylic acids is 2. The van der Waals surface area contributed by atoms with Crippen LogP contribution < -0.4 is 5.32 Å². The maximum Gasteiger partial charge on any atom is 0.302 e. The average Bonchev–Trinajstić information content (AvgIpc) is 2.75. The van der Waals surface area contributed by atoms with Crippen LogP contribution in [0, 0.1) is 23.2 Å². The largest absolute Gasteiger partial charge is 0.462 e. The number of amides is 1. The fourth-order valence-electron chi connectivity index (χ4n) is 7.36. The highest BCUT2D eigenvalue weighted by Crippen LogP contribution is 2.61. The second-order valence-electron chi connectivity index (χ2n) is 10.9. The maximum atomic E-state index is 13.0. The summed E-state index contributed by atoms with van der Waals surface area (Å²) in [7, 11) is 0. The predicted molar refractivity (Wildman–Crippen MR) is 125 cm³/mol. The molecule has 170 valence electrons. The number of allylic oxidation sites excluding steroid dienone is 1. The third-order valence-electron chi connectivity index (χ3n) is 9.05. The number of benzene rings is 1. The first-order valence-corrected chi connectivity index (χ1v) is 12.2. The van der Waals surface area contributed by atoms with Crippen molar-refractivity contribution in [2.75, 3.05) is 0 Å². The fourth-order valence-corrected chi connectivity index (χ4v) is 7.36. The van der Waals surface area contributed by atoms with Crippen LogP contribution in [0.15, 0.2) is 47.6 Å². The van der Waals surface area contributed by atoms with Crippen molar-refractivity contribution in [3.05, 3.63) is 53.1 Å². The third kappa shape index (κ3) is 3.62. The van der Waals surface area contributed by atoms with Gasteiger partial charge < -0.3 is 10.1 Å². The van der Waals surface area contributed by atoms with Gasteiger partial charge in [0.05, 0.1) is 0 Å². The van der Waals surface area contributed by atoms with Crippen LogP contribution in [0.1, 0.15) is 71.3 Å². The molecule has 4 heteroatoms. The molecule has 32 heavy (non-hydrogen) atoms. The molecule has 1 aromatic carbocycles. The van der Waals surface area contributed by atoms with Crippen molar-refractivity contribution in [2.45, 2.75) is 77.4 Å². The maximum absolute atomic E-state index is 13.0. The molecule has 0 bridgehead atoms. The summed E-state index contributed by atoms with van der Waals surface area (Å²) in [4.78, 5) is 24.5. The van der Waals surface area contributed by atoms with Gasteiger partial charge in [-0.1, -0.05) is 48.9 Å². The Balaban J connectivity index is 1.42. The summed E-state index contributed by atoms with van der Waals surface area (Å²) in [6, 6.07) is 10.2. The van der Waals surface area contributed by atoms with E-state index in [9.17, 15) is 9.59 Å². The summed E-state index contributed by atoms with van der Waals surface area (Å²) >= 11 is 0. The highest BCUT2D eigenvalue weighted by Gasteiger charge is 2.56. The van der Waals surface area contributed by atoms with E-state index in [4.69, 9.17) is 4.74 Å². The lowest BCUT2D eigenvalue weighted by Crippen LogP contribution is -2.63. The molecule has 2 saturated carbocycles. The van der Waals surface area contributed by atoms with Crippen LogP contribution in [-0.4, -0.2) is 23.5 Å². The Morgan fingerprint density at radius 2 is 1.88 bits per heavy atom. The van der Waals surface area contributed by atoms with E-state index in [1.165, 1.54) is 12.5 Å². The molecule has 6 atom stereocenters. The zero-order valence-electron chi connectivity index (χ0n) is 19.5. The van der Waals surface area contributed by atoms with Gasteiger partial charge in [0.15, 0.2) is 0 Å². The molecule has 1 N–H and O–H groups in total. The molecule has 1 aromatic rings. The molecule has 1 heterocycles. The summed E-state index contributed by atoms with van der Waals surface area (Å²) in [5.74, 6) is 1.59. The summed E-state index contributed by atoms with van der Waals surface area (Å²) in [5, 5.41) is 3.43. The number of nitrogens with one attached hydrogen (secondary N) is 1. The molecule has 4 aliphatic rings. The molecule has 4 nitrogen and oxygen atoms in total. The van der Waals surface area contributed by atoms with Crippen molar-refractivity contribution in [1.82, 2.24) is 5.32 Å². The van der Waals surface area contributed by atoms with E-state index in [0.29, 0.717) is 17.8 Å². The van der Waals surface area contributed by atoms with Crippen molar-refractivity contribution in [3.8, 4) is 0 Å². The van der Waals surface area contributed by atoms with Gasteiger partial charge in [-0.25, -0.2) is 0 Å². The number of carbonyl (C=O) groups is 2. The van der Waals surface area contributed by atoms with Crippen molar-refractivity contribution < 1.29 is 14.3 Å². The van der Waals surface area contributed by atoms with E-state index in [-0.39, 0.29) is 28.9 Å². The summed E-state index contributed by atoms with van der Waals surface area (Å²) < 4.78 is 5.57. The van der Waals surface area contributed by atoms with E-state index in [2.05, 4.69) is 43.4 Å². The van der Waals surface area contributed by atoms with Crippen LogP contribution in [0.25, 0.3) is 6.08 Å². The van der Waals surface area contributed by atoms with E-state index >= 15 is 0 Å². The first kappa shape index (κ1) is 21.5. The van der Waals surface area contributed by atoms with Crippen LogP contribution in [0.2, 0.25) is 0 Å². The van der Waals surface area contributed by atoms with Gasteiger partial charge in [-0.15, -0.1) is 0 Å². The van der Waals surface area contributed by atoms with Crippen LogP contribution in [0.3, 0.4) is 0 Å². The standard InChI is InChI=1S/C28H35NO3/c1-18(30)32-22-11-13-27(2)21(17-22)9-10-23-24(27)12-14-28(3)25(23)16-20(26(31)29-28)15-19-7-5-4-6-8-19/h4-9,15,22-25H,10-14,16-17H2,1-3H3,(H,29,31)/t22-,23+,24-,25-,27-,28-/m0/s1. The zero-order valence-corrected chi connectivity index (χ0v) is 19.5. The number of ether oxygens (including phenoxy) is 1. The van der Waals surface area contributed by atoms with Crippen LogP contribution >= 0.6 is 0 Å². The smallest absolute Gasteiger partial charge is 0.302 e. The van der Waals surface area contributed by atoms with E-state index in [1.54, 1.807) is 0 Å². The lowest BCUT2D eigenvalue weighted by molar-refractivity contribution is -0.148. The second-order valence-corrected chi connectivity index (χ2v) is 10.9. The van der Waals surface area contributed by atoms with Gasteiger partial charge in [-0.2, -0.15) is 0 Å². The molecule has 5 rings (SSSR count). The molecule has 0 aromatic heterocycles. The molecule has 3 fully saturated rings. The predicted octanol–water partition coefficient (Wildman–Crippen LogP) is 5.44. The molecule has 0 unspecified atom stereocenters. The lowest BCUT2D eigenvalue weighted by Gasteiger charge is -2.60. The Morgan fingerprint density at radius 3 is 2.62 bits per heavy atom. The number of fused-ring (bicyclic) bond motifs is 5. The van der Waals surface area contributed by atoms with Gasteiger partial charge in [0.2, 0.25) is 5.91 Å². The molecule has 1 aliphatic heterocycles. The first-order valence-electron chi connectivity index (χ1n) is 12.2. The monoisotopic (exact) mass is 433 g/mol. The number of piperidine rings is 1. The van der Waals surface area contributed by atoms with Crippen molar-refractivity contribution >= 4 is 18.0 Å². The Labute approximate surface area is 191 Å². The van der Waals surface area contributed by atoms with Gasteiger partial charge >= 0.3 is 5.97 Å². The quantitative estimate of drug-likeness (QED) is 0.384. The number of hydrogen-bond acceptors (Lipinski definition) is 3. The fraction of sp³-hybridized carbons (Fsp3) is 0.571. The Hall–Kier alpha value is -2.36.